The van der Waals surface area contributed by atoms with Crippen LogP contribution in [0.5, 0.6) is 0 Å². The fourth-order valence-electron chi connectivity index (χ4n) is 2.99. The minimum absolute atomic E-state index is 0.213. The molecular weight excluding hydrogens is 340 g/mol. The molecule has 4 N–H and O–H groups in total. The first-order valence-corrected chi connectivity index (χ1v) is 9.29. The zero-order valence-electron chi connectivity index (χ0n) is 15.0. The molecule has 1 aliphatic heterocycles. The van der Waals surface area contributed by atoms with E-state index in [-0.39, 0.29) is 5.91 Å². The summed E-state index contributed by atoms with van der Waals surface area (Å²) in [4.78, 5) is 26.3. The zero-order chi connectivity index (χ0) is 18.2. The SMILES string of the molecule is CC(C)CNC(=O)NC(=O)C[NH+]1CC[NH+](Cc2cccc(Cl)c2)CC1. The lowest BCUT2D eigenvalue weighted by Crippen LogP contribution is -3.28. The summed E-state index contributed by atoms with van der Waals surface area (Å²) in [5.74, 6) is 0.150. The van der Waals surface area contributed by atoms with Crippen LogP contribution in [0.3, 0.4) is 0 Å². The third kappa shape index (κ3) is 7.42. The van der Waals surface area contributed by atoms with E-state index in [1.165, 1.54) is 15.4 Å². The molecule has 0 bridgehead atoms. The summed E-state index contributed by atoms with van der Waals surface area (Å²) in [5, 5.41) is 5.87. The molecule has 0 atom stereocenters. The highest BCUT2D eigenvalue weighted by atomic mass is 35.5. The molecule has 3 amide bonds. The molecule has 1 aliphatic rings. The maximum Gasteiger partial charge on any atom is 0.321 e. The molecule has 0 aliphatic carbocycles. The molecule has 1 aromatic rings. The van der Waals surface area contributed by atoms with Gasteiger partial charge in [-0.1, -0.05) is 37.6 Å². The van der Waals surface area contributed by atoms with Gasteiger partial charge in [0.2, 0.25) is 0 Å². The summed E-state index contributed by atoms with van der Waals surface area (Å²) < 4.78 is 0. The van der Waals surface area contributed by atoms with Crippen LogP contribution < -0.4 is 20.4 Å². The van der Waals surface area contributed by atoms with Crippen molar-refractivity contribution in [1.82, 2.24) is 10.6 Å². The Bertz CT molecular complexity index is 586. The first-order valence-electron chi connectivity index (χ1n) is 8.91. The molecule has 1 aromatic carbocycles. The number of hydrogen-bond donors (Lipinski definition) is 4. The van der Waals surface area contributed by atoms with Crippen molar-refractivity contribution >= 4 is 23.5 Å². The maximum atomic E-state index is 12.0. The van der Waals surface area contributed by atoms with Crippen LogP contribution in [0.4, 0.5) is 4.79 Å². The number of urea groups is 1. The predicted octanol–water partition coefficient (Wildman–Crippen LogP) is -0.895. The van der Waals surface area contributed by atoms with Gasteiger partial charge in [-0.25, -0.2) is 4.79 Å². The van der Waals surface area contributed by atoms with Gasteiger partial charge in [0.05, 0.1) is 0 Å². The van der Waals surface area contributed by atoms with Crippen LogP contribution in [0.2, 0.25) is 5.02 Å². The van der Waals surface area contributed by atoms with Crippen molar-refractivity contribution in [1.29, 1.82) is 0 Å². The number of amides is 3. The predicted molar refractivity (Wildman–Crippen MR) is 97.8 cm³/mol. The summed E-state index contributed by atoms with van der Waals surface area (Å²) in [6.45, 7) is 9.76. The lowest BCUT2D eigenvalue weighted by atomic mass is 10.2. The number of rotatable bonds is 6. The van der Waals surface area contributed by atoms with Crippen LogP contribution in [0, 0.1) is 5.92 Å². The Labute approximate surface area is 154 Å². The number of benzene rings is 1. The average molecular weight is 369 g/mol. The van der Waals surface area contributed by atoms with E-state index in [1.807, 2.05) is 32.0 Å². The van der Waals surface area contributed by atoms with Crippen LogP contribution in [0.15, 0.2) is 24.3 Å². The fraction of sp³-hybridized carbons (Fsp3) is 0.556. The van der Waals surface area contributed by atoms with Crippen molar-refractivity contribution in [3.63, 3.8) is 0 Å². The number of piperazine rings is 1. The third-order valence-electron chi connectivity index (χ3n) is 4.34. The molecule has 6 nitrogen and oxygen atoms in total. The summed E-state index contributed by atoms with van der Waals surface area (Å²) in [6.07, 6.45) is 0. The van der Waals surface area contributed by atoms with E-state index >= 15 is 0 Å². The number of carbonyl (C=O) groups is 2. The molecule has 0 spiro atoms. The fourth-order valence-corrected chi connectivity index (χ4v) is 3.20. The summed E-state index contributed by atoms with van der Waals surface area (Å²) >= 11 is 6.03. The Kier molecular flexibility index (Phi) is 7.68. The van der Waals surface area contributed by atoms with E-state index in [0.717, 1.165) is 37.7 Å². The number of halogens is 1. The van der Waals surface area contributed by atoms with Crippen LogP contribution in [0.1, 0.15) is 19.4 Å². The minimum atomic E-state index is -0.400. The Morgan fingerprint density at radius 1 is 1.16 bits per heavy atom. The van der Waals surface area contributed by atoms with Crippen molar-refractivity contribution in [2.75, 3.05) is 39.3 Å². The largest absolute Gasteiger partial charge is 0.338 e. The highest BCUT2D eigenvalue weighted by molar-refractivity contribution is 6.30. The Morgan fingerprint density at radius 3 is 2.48 bits per heavy atom. The molecule has 1 fully saturated rings. The van der Waals surface area contributed by atoms with E-state index in [0.29, 0.717) is 19.0 Å². The van der Waals surface area contributed by atoms with E-state index in [1.54, 1.807) is 0 Å². The van der Waals surface area contributed by atoms with Gasteiger partial charge in [0.1, 0.15) is 32.7 Å². The third-order valence-corrected chi connectivity index (χ3v) is 4.58. The highest BCUT2D eigenvalue weighted by Gasteiger charge is 2.25. The van der Waals surface area contributed by atoms with Gasteiger partial charge in [0.25, 0.3) is 5.91 Å². The van der Waals surface area contributed by atoms with Crippen LogP contribution in [0.25, 0.3) is 0 Å². The maximum absolute atomic E-state index is 12.0. The van der Waals surface area contributed by atoms with Gasteiger partial charge in [-0.3, -0.25) is 10.1 Å². The van der Waals surface area contributed by atoms with Gasteiger partial charge in [-0.05, 0) is 18.1 Å². The van der Waals surface area contributed by atoms with Crippen LogP contribution in [-0.4, -0.2) is 51.2 Å². The number of hydrogen-bond acceptors (Lipinski definition) is 2. The van der Waals surface area contributed by atoms with Gasteiger partial charge < -0.3 is 15.1 Å². The van der Waals surface area contributed by atoms with Gasteiger partial charge in [-0.15, -0.1) is 0 Å². The van der Waals surface area contributed by atoms with E-state index in [2.05, 4.69) is 16.7 Å². The van der Waals surface area contributed by atoms with E-state index in [4.69, 9.17) is 11.6 Å². The molecule has 7 heteroatoms. The lowest BCUT2D eigenvalue weighted by Gasteiger charge is -2.29. The molecule has 1 saturated heterocycles. The van der Waals surface area contributed by atoms with Crippen molar-refractivity contribution < 1.29 is 19.4 Å². The average Bonchev–Trinajstić information content (AvgIpc) is 2.55. The van der Waals surface area contributed by atoms with E-state index in [9.17, 15) is 9.59 Å². The number of nitrogens with one attached hydrogen (secondary N) is 4. The second-order valence-electron chi connectivity index (χ2n) is 7.14. The van der Waals surface area contributed by atoms with Crippen LogP contribution >= 0.6 is 11.6 Å². The highest BCUT2D eigenvalue weighted by Crippen LogP contribution is 2.09. The number of imide groups is 1. The molecule has 1 heterocycles. The number of quaternary nitrogens is 2. The monoisotopic (exact) mass is 368 g/mol. The molecule has 0 unspecified atom stereocenters. The van der Waals surface area contributed by atoms with Gasteiger partial charge in [-0.2, -0.15) is 0 Å². The number of carbonyl (C=O) groups excluding carboxylic acids is 2. The molecular formula is C18H29ClN4O2+2. The molecule has 0 radical (unpaired) electrons. The summed E-state index contributed by atoms with van der Waals surface area (Å²) in [6, 6.07) is 7.58. The van der Waals surface area contributed by atoms with Crippen molar-refractivity contribution in [2.45, 2.75) is 20.4 Å². The second-order valence-corrected chi connectivity index (χ2v) is 7.57. The van der Waals surface area contributed by atoms with E-state index < -0.39 is 6.03 Å². The Hall–Kier alpha value is -1.63. The Morgan fingerprint density at radius 2 is 1.84 bits per heavy atom. The Balaban J connectivity index is 1.67. The molecule has 0 saturated carbocycles. The normalized spacial score (nSPS) is 20.3. The van der Waals surface area contributed by atoms with Gasteiger partial charge in [0, 0.05) is 17.1 Å². The molecule has 0 aromatic heterocycles. The topological polar surface area (TPSA) is 67.1 Å². The zero-order valence-corrected chi connectivity index (χ0v) is 15.8. The standard InChI is InChI=1S/C18H27ClN4O2/c1-14(2)11-20-18(25)21-17(24)13-23-8-6-22(7-9-23)12-15-4-3-5-16(19)10-15/h3-5,10,14H,6-9,11-13H2,1-2H3,(H2,20,21,24,25)/p+2. The minimum Gasteiger partial charge on any atom is -0.338 e. The summed E-state index contributed by atoms with van der Waals surface area (Å²) in [7, 11) is 0. The molecule has 25 heavy (non-hydrogen) atoms. The first-order chi connectivity index (χ1) is 11.9. The van der Waals surface area contributed by atoms with Crippen molar-refractivity contribution in [3.05, 3.63) is 34.9 Å². The van der Waals surface area contributed by atoms with Gasteiger partial charge in [0.15, 0.2) is 6.54 Å². The van der Waals surface area contributed by atoms with Crippen molar-refractivity contribution in [2.24, 2.45) is 5.92 Å². The second kappa shape index (κ2) is 9.75. The quantitative estimate of drug-likeness (QED) is 0.526. The summed E-state index contributed by atoms with van der Waals surface area (Å²) in [5.41, 5.74) is 1.24. The smallest absolute Gasteiger partial charge is 0.321 e. The first kappa shape index (κ1) is 19.7. The lowest BCUT2D eigenvalue weighted by molar-refractivity contribution is -1.02. The molecule has 2 rings (SSSR count). The van der Waals surface area contributed by atoms with Gasteiger partial charge >= 0.3 is 6.03 Å². The van der Waals surface area contributed by atoms with Crippen LogP contribution in [-0.2, 0) is 11.3 Å². The van der Waals surface area contributed by atoms with Crippen molar-refractivity contribution in [3.8, 4) is 0 Å². The molecule has 138 valence electrons.